The van der Waals surface area contributed by atoms with Crippen molar-refractivity contribution in [3.8, 4) is 16.9 Å². The van der Waals surface area contributed by atoms with E-state index in [0.29, 0.717) is 12.1 Å². The van der Waals surface area contributed by atoms with E-state index in [0.717, 1.165) is 12.2 Å². The van der Waals surface area contributed by atoms with Crippen LogP contribution >= 0.6 is 0 Å². The van der Waals surface area contributed by atoms with Gasteiger partial charge in [-0.15, -0.1) is 0 Å². The summed E-state index contributed by atoms with van der Waals surface area (Å²) in [4.78, 5) is 0. The summed E-state index contributed by atoms with van der Waals surface area (Å²) >= 11 is 0. The van der Waals surface area contributed by atoms with Crippen molar-refractivity contribution in [1.82, 2.24) is 5.32 Å². The summed E-state index contributed by atoms with van der Waals surface area (Å²) in [5.74, 6) is 0.987. The fourth-order valence-corrected chi connectivity index (χ4v) is 2.64. The van der Waals surface area contributed by atoms with Gasteiger partial charge in [-0.1, -0.05) is 43.3 Å². The molecule has 0 heterocycles. The number of ether oxygens (including phenoxy) is 1. The molecule has 1 saturated carbocycles. The maximum atomic E-state index is 5.87. The van der Waals surface area contributed by atoms with Crippen LogP contribution in [-0.4, -0.2) is 13.2 Å². The second-order valence-electron chi connectivity index (χ2n) is 5.72. The third-order valence-electron chi connectivity index (χ3n) is 4.06. The molecule has 0 amide bonds. The van der Waals surface area contributed by atoms with Crippen molar-refractivity contribution < 1.29 is 4.74 Å². The van der Waals surface area contributed by atoms with Crippen LogP contribution in [0.1, 0.15) is 37.8 Å². The lowest BCUT2D eigenvalue weighted by atomic mass is 9.99. The third-order valence-corrected chi connectivity index (χ3v) is 4.06. The summed E-state index contributed by atoms with van der Waals surface area (Å²) in [6, 6.07) is 17.7. The summed E-state index contributed by atoms with van der Waals surface area (Å²) < 4.78 is 5.87. The Hall–Kier alpha value is -1.80. The fraction of sp³-hybridized carbons (Fsp3) is 0.368. The van der Waals surface area contributed by atoms with Crippen LogP contribution < -0.4 is 10.1 Å². The van der Waals surface area contributed by atoms with E-state index < -0.39 is 0 Å². The van der Waals surface area contributed by atoms with Gasteiger partial charge in [0, 0.05) is 6.04 Å². The Morgan fingerprint density at radius 3 is 2.48 bits per heavy atom. The average Bonchev–Trinajstić information content (AvgIpc) is 3.33. The second-order valence-corrected chi connectivity index (χ2v) is 5.72. The molecule has 0 spiro atoms. The van der Waals surface area contributed by atoms with Gasteiger partial charge in [0.05, 0.1) is 6.10 Å². The Labute approximate surface area is 127 Å². The van der Waals surface area contributed by atoms with Crippen LogP contribution in [0.25, 0.3) is 11.1 Å². The van der Waals surface area contributed by atoms with Crippen LogP contribution in [0.3, 0.4) is 0 Å². The van der Waals surface area contributed by atoms with Crippen molar-refractivity contribution in [3.05, 3.63) is 54.1 Å². The topological polar surface area (TPSA) is 21.3 Å². The average molecular weight is 281 g/mol. The smallest absolute Gasteiger partial charge is 0.120 e. The summed E-state index contributed by atoms with van der Waals surface area (Å²) in [6.45, 7) is 2.20. The molecule has 0 saturated heterocycles. The maximum absolute atomic E-state index is 5.87. The molecule has 110 valence electrons. The Kier molecular flexibility index (Phi) is 4.26. The monoisotopic (exact) mass is 281 g/mol. The molecule has 2 nitrogen and oxygen atoms in total. The van der Waals surface area contributed by atoms with Gasteiger partial charge in [0.2, 0.25) is 0 Å². The molecule has 1 fully saturated rings. The van der Waals surface area contributed by atoms with Gasteiger partial charge >= 0.3 is 0 Å². The van der Waals surface area contributed by atoms with Crippen LogP contribution in [0.5, 0.6) is 5.75 Å². The van der Waals surface area contributed by atoms with E-state index in [1.807, 2.05) is 13.1 Å². The molecular weight excluding hydrogens is 258 g/mol. The largest absolute Gasteiger partial charge is 0.490 e. The van der Waals surface area contributed by atoms with Crippen molar-refractivity contribution in [2.45, 2.75) is 38.3 Å². The van der Waals surface area contributed by atoms with Gasteiger partial charge in [-0.2, -0.15) is 0 Å². The van der Waals surface area contributed by atoms with Crippen molar-refractivity contribution >= 4 is 0 Å². The molecule has 2 heteroatoms. The summed E-state index contributed by atoms with van der Waals surface area (Å²) in [5.41, 5.74) is 3.80. The first-order chi connectivity index (χ1) is 10.3. The molecule has 1 unspecified atom stereocenters. The van der Waals surface area contributed by atoms with Gasteiger partial charge in [-0.05, 0) is 55.1 Å². The zero-order chi connectivity index (χ0) is 14.7. The van der Waals surface area contributed by atoms with Crippen LogP contribution in [0.4, 0.5) is 0 Å². The van der Waals surface area contributed by atoms with E-state index in [2.05, 4.69) is 54.7 Å². The normalized spacial score (nSPS) is 15.7. The SMILES string of the molecule is CCC(NC)c1ccc(-c2cccc(OC3CC3)c2)cc1. The van der Waals surface area contributed by atoms with Gasteiger partial charge in [0.15, 0.2) is 0 Å². The van der Waals surface area contributed by atoms with E-state index in [9.17, 15) is 0 Å². The summed E-state index contributed by atoms with van der Waals surface area (Å²) in [5, 5.41) is 3.34. The highest BCUT2D eigenvalue weighted by Gasteiger charge is 2.23. The van der Waals surface area contributed by atoms with E-state index in [-0.39, 0.29) is 0 Å². The molecule has 3 rings (SSSR count). The minimum absolute atomic E-state index is 0.434. The predicted octanol–water partition coefficient (Wildman–Crippen LogP) is 4.57. The first-order valence-corrected chi connectivity index (χ1v) is 7.84. The summed E-state index contributed by atoms with van der Waals surface area (Å²) in [7, 11) is 2.01. The van der Waals surface area contributed by atoms with Crippen LogP contribution in [0, 0.1) is 0 Å². The highest BCUT2D eigenvalue weighted by Crippen LogP contribution is 2.30. The van der Waals surface area contributed by atoms with Gasteiger partial charge in [0.1, 0.15) is 5.75 Å². The number of benzene rings is 2. The Morgan fingerprint density at radius 1 is 1.10 bits per heavy atom. The Balaban J connectivity index is 1.79. The van der Waals surface area contributed by atoms with Gasteiger partial charge < -0.3 is 10.1 Å². The molecule has 21 heavy (non-hydrogen) atoms. The molecule has 2 aromatic rings. The zero-order valence-corrected chi connectivity index (χ0v) is 12.8. The van der Waals surface area contributed by atoms with Crippen molar-refractivity contribution in [2.75, 3.05) is 7.05 Å². The van der Waals surface area contributed by atoms with E-state index >= 15 is 0 Å². The first-order valence-electron chi connectivity index (χ1n) is 7.84. The lowest BCUT2D eigenvalue weighted by molar-refractivity contribution is 0.303. The molecule has 1 atom stereocenters. The molecule has 2 aromatic carbocycles. The quantitative estimate of drug-likeness (QED) is 0.837. The Morgan fingerprint density at radius 2 is 1.86 bits per heavy atom. The predicted molar refractivity (Wildman–Crippen MR) is 87.6 cm³/mol. The van der Waals surface area contributed by atoms with Gasteiger partial charge in [-0.25, -0.2) is 0 Å². The third kappa shape index (κ3) is 3.45. The standard InChI is InChI=1S/C19H23NO/c1-3-19(20-2)15-9-7-14(8-10-15)16-5-4-6-18(13-16)21-17-11-12-17/h4-10,13,17,19-20H,3,11-12H2,1-2H3. The highest BCUT2D eigenvalue weighted by atomic mass is 16.5. The van der Waals surface area contributed by atoms with Crippen LogP contribution in [-0.2, 0) is 0 Å². The number of hydrogen-bond acceptors (Lipinski definition) is 2. The van der Waals surface area contributed by atoms with Gasteiger partial charge in [-0.3, -0.25) is 0 Å². The zero-order valence-electron chi connectivity index (χ0n) is 12.8. The summed E-state index contributed by atoms with van der Waals surface area (Å²) in [6.07, 6.45) is 3.94. The second kappa shape index (κ2) is 6.31. The van der Waals surface area contributed by atoms with Crippen LogP contribution in [0.15, 0.2) is 48.5 Å². The Bertz CT molecular complexity index is 583. The number of rotatable bonds is 6. The minimum atomic E-state index is 0.434. The van der Waals surface area contributed by atoms with Crippen LogP contribution in [0.2, 0.25) is 0 Å². The lowest BCUT2D eigenvalue weighted by Crippen LogP contribution is -2.14. The van der Waals surface area contributed by atoms with E-state index in [4.69, 9.17) is 4.74 Å². The molecular formula is C19H23NO. The molecule has 0 radical (unpaired) electrons. The molecule has 1 aliphatic carbocycles. The maximum Gasteiger partial charge on any atom is 0.120 e. The van der Waals surface area contributed by atoms with Crippen molar-refractivity contribution in [1.29, 1.82) is 0 Å². The molecule has 0 aliphatic heterocycles. The van der Waals surface area contributed by atoms with Crippen molar-refractivity contribution in [2.24, 2.45) is 0 Å². The molecule has 0 bridgehead atoms. The lowest BCUT2D eigenvalue weighted by Gasteiger charge is -2.15. The van der Waals surface area contributed by atoms with E-state index in [1.165, 1.54) is 29.5 Å². The molecule has 1 N–H and O–H groups in total. The number of hydrogen-bond donors (Lipinski definition) is 1. The highest BCUT2D eigenvalue weighted by molar-refractivity contribution is 5.65. The van der Waals surface area contributed by atoms with Gasteiger partial charge in [0.25, 0.3) is 0 Å². The molecule has 1 aliphatic rings. The fourth-order valence-electron chi connectivity index (χ4n) is 2.64. The minimum Gasteiger partial charge on any atom is -0.490 e. The van der Waals surface area contributed by atoms with Crippen molar-refractivity contribution in [3.63, 3.8) is 0 Å². The first kappa shape index (κ1) is 14.2. The van der Waals surface area contributed by atoms with E-state index in [1.54, 1.807) is 0 Å². The molecule has 0 aromatic heterocycles. The number of nitrogens with one attached hydrogen (secondary N) is 1.